The van der Waals surface area contributed by atoms with Crippen LogP contribution in [-0.4, -0.2) is 23.5 Å². The SMILES string of the molecule is COc1cccc(C2=Cc3ccc(F)cc3OC2O)n1. The molecule has 1 aliphatic heterocycles. The summed E-state index contributed by atoms with van der Waals surface area (Å²) >= 11 is 0. The molecule has 3 rings (SSSR count). The van der Waals surface area contributed by atoms with Crippen LogP contribution in [0.15, 0.2) is 36.4 Å². The smallest absolute Gasteiger partial charge is 0.226 e. The van der Waals surface area contributed by atoms with Crippen LogP contribution < -0.4 is 9.47 Å². The topological polar surface area (TPSA) is 51.6 Å². The molecule has 2 aromatic rings. The Morgan fingerprint density at radius 3 is 2.95 bits per heavy atom. The zero-order valence-electron chi connectivity index (χ0n) is 10.7. The van der Waals surface area contributed by atoms with Crippen molar-refractivity contribution < 1.29 is 19.0 Å². The van der Waals surface area contributed by atoms with Gasteiger partial charge in [-0.05, 0) is 24.3 Å². The van der Waals surface area contributed by atoms with Crippen molar-refractivity contribution in [3.63, 3.8) is 0 Å². The van der Waals surface area contributed by atoms with Gasteiger partial charge in [0.1, 0.15) is 11.6 Å². The first kappa shape index (κ1) is 12.6. The van der Waals surface area contributed by atoms with Crippen molar-refractivity contribution >= 4 is 11.6 Å². The van der Waals surface area contributed by atoms with Gasteiger partial charge >= 0.3 is 0 Å². The molecule has 1 aromatic carbocycles. The summed E-state index contributed by atoms with van der Waals surface area (Å²) in [4.78, 5) is 4.25. The van der Waals surface area contributed by atoms with Gasteiger partial charge in [0.15, 0.2) is 0 Å². The molecular weight excluding hydrogens is 261 g/mol. The average molecular weight is 273 g/mol. The van der Waals surface area contributed by atoms with Crippen LogP contribution >= 0.6 is 0 Å². The van der Waals surface area contributed by atoms with Crippen molar-refractivity contribution in [1.29, 1.82) is 0 Å². The largest absolute Gasteiger partial charge is 0.481 e. The van der Waals surface area contributed by atoms with Crippen molar-refractivity contribution in [2.24, 2.45) is 0 Å². The quantitative estimate of drug-likeness (QED) is 0.913. The first-order chi connectivity index (χ1) is 9.67. The summed E-state index contributed by atoms with van der Waals surface area (Å²) in [6.07, 6.45) is 0.536. The molecule has 0 amide bonds. The minimum Gasteiger partial charge on any atom is -0.481 e. The number of pyridine rings is 1. The average Bonchev–Trinajstić information content (AvgIpc) is 2.46. The fourth-order valence-electron chi connectivity index (χ4n) is 2.04. The lowest BCUT2D eigenvalue weighted by Crippen LogP contribution is -2.21. The lowest BCUT2D eigenvalue weighted by molar-refractivity contribution is 0.0315. The van der Waals surface area contributed by atoms with Crippen LogP contribution in [0.2, 0.25) is 0 Å². The second-order valence-corrected chi connectivity index (χ2v) is 4.32. The van der Waals surface area contributed by atoms with Gasteiger partial charge < -0.3 is 14.6 Å². The van der Waals surface area contributed by atoms with E-state index in [9.17, 15) is 9.50 Å². The maximum Gasteiger partial charge on any atom is 0.226 e. The van der Waals surface area contributed by atoms with Crippen molar-refractivity contribution in [1.82, 2.24) is 4.98 Å². The lowest BCUT2D eigenvalue weighted by atomic mass is 10.0. The number of aliphatic hydroxyl groups excluding tert-OH is 1. The maximum absolute atomic E-state index is 13.1. The monoisotopic (exact) mass is 273 g/mol. The van der Waals surface area contributed by atoms with Crippen LogP contribution in [0.4, 0.5) is 4.39 Å². The number of methoxy groups -OCH3 is 1. The Morgan fingerprint density at radius 2 is 2.15 bits per heavy atom. The molecule has 5 heteroatoms. The van der Waals surface area contributed by atoms with Gasteiger partial charge in [0.05, 0.1) is 12.8 Å². The van der Waals surface area contributed by atoms with E-state index in [1.54, 1.807) is 30.3 Å². The molecule has 0 radical (unpaired) electrons. The molecule has 0 fully saturated rings. The van der Waals surface area contributed by atoms with Gasteiger partial charge in [0.2, 0.25) is 12.2 Å². The third-order valence-corrected chi connectivity index (χ3v) is 3.02. The van der Waals surface area contributed by atoms with Gasteiger partial charge in [-0.25, -0.2) is 9.37 Å². The van der Waals surface area contributed by atoms with E-state index in [-0.39, 0.29) is 0 Å². The van der Waals surface area contributed by atoms with E-state index >= 15 is 0 Å². The Labute approximate surface area is 115 Å². The van der Waals surface area contributed by atoms with E-state index in [1.807, 2.05) is 0 Å². The van der Waals surface area contributed by atoms with Crippen LogP contribution in [0.5, 0.6) is 11.6 Å². The normalized spacial score (nSPS) is 16.9. The van der Waals surface area contributed by atoms with Gasteiger partial charge in [0, 0.05) is 23.3 Å². The zero-order chi connectivity index (χ0) is 14.1. The molecule has 102 valence electrons. The van der Waals surface area contributed by atoms with Crippen molar-refractivity contribution in [3.05, 3.63) is 53.5 Å². The molecule has 4 nitrogen and oxygen atoms in total. The Bertz CT molecular complexity index is 685. The van der Waals surface area contributed by atoms with Crippen LogP contribution in [0.1, 0.15) is 11.3 Å². The second-order valence-electron chi connectivity index (χ2n) is 4.32. The number of nitrogens with zero attached hydrogens (tertiary/aromatic N) is 1. The number of aliphatic hydroxyl groups is 1. The predicted octanol–water partition coefficient (Wildman–Crippen LogP) is 2.48. The Morgan fingerprint density at radius 1 is 1.30 bits per heavy atom. The number of hydrogen-bond donors (Lipinski definition) is 1. The summed E-state index contributed by atoms with van der Waals surface area (Å²) in [5.41, 5.74) is 1.74. The summed E-state index contributed by atoms with van der Waals surface area (Å²) in [5.74, 6) is 0.344. The first-order valence-electron chi connectivity index (χ1n) is 6.04. The minimum absolute atomic E-state index is 0.309. The van der Waals surface area contributed by atoms with Crippen LogP contribution in [0, 0.1) is 5.82 Å². The van der Waals surface area contributed by atoms with Gasteiger partial charge in [-0.1, -0.05) is 6.07 Å². The zero-order valence-corrected chi connectivity index (χ0v) is 10.7. The minimum atomic E-state index is -1.19. The fourth-order valence-corrected chi connectivity index (χ4v) is 2.04. The molecule has 1 unspecified atom stereocenters. The highest BCUT2D eigenvalue weighted by atomic mass is 19.1. The highest BCUT2D eigenvalue weighted by molar-refractivity contribution is 5.85. The number of fused-ring (bicyclic) bond motifs is 1. The molecule has 1 aliphatic rings. The summed E-state index contributed by atoms with van der Waals surface area (Å²) in [6, 6.07) is 9.41. The van der Waals surface area contributed by atoms with E-state index < -0.39 is 12.1 Å². The predicted molar refractivity (Wildman–Crippen MR) is 71.7 cm³/mol. The third-order valence-electron chi connectivity index (χ3n) is 3.02. The molecule has 0 bridgehead atoms. The molecule has 2 heterocycles. The second kappa shape index (κ2) is 4.94. The summed E-state index contributed by atoms with van der Waals surface area (Å²) in [5, 5.41) is 10.0. The number of aromatic nitrogens is 1. The molecular formula is C15H12FNO3. The molecule has 0 saturated carbocycles. The molecule has 1 aromatic heterocycles. The van der Waals surface area contributed by atoms with Crippen LogP contribution in [0.25, 0.3) is 11.6 Å². The molecule has 1 N–H and O–H groups in total. The van der Waals surface area contributed by atoms with Crippen LogP contribution in [-0.2, 0) is 0 Å². The fraction of sp³-hybridized carbons (Fsp3) is 0.133. The van der Waals surface area contributed by atoms with Crippen molar-refractivity contribution in [2.75, 3.05) is 7.11 Å². The molecule has 0 saturated heterocycles. The lowest BCUT2D eigenvalue weighted by Gasteiger charge is -2.23. The van der Waals surface area contributed by atoms with E-state index in [4.69, 9.17) is 9.47 Å². The summed E-state index contributed by atoms with van der Waals surface area (Å²) in [7, 11) is 1.52. The standard InChI is InChI=1S/C15H12FNO3/c1-19-14-4-2-3-12(17-14)11-7-9-5-6-10(16)8-13(9)20-15(11)18/h2-8,15,18H,1H3. The number of ether oxygens (including phenoxy) is 2. The van der Waals surface area contributed by atoms with Crippen molar-refractivity contribution in [3.8, 4) is 11.6 Å². The van der Waals surface area contributed by atoms with E-state index in [0.717, 1.165) is 0 Å². The van der Waals surface area contributed by atoms with Crippen molar-refractivity contribution in [2.45, 2.75) is 6.29 Å². The summed E-state index contributed by atoms with van der Waals surface area (Å²) in [6.45, 7) is 0. The number of hydrogen-bond acceptors (Lipinski definition) is 4. The molecule has 1 atom stereocenters. The van der Waals surface area contributed by atoms with E-state index in [1.165, 1.54) is 19.2 Å². The number of rotatable bonds is 2. The molecule has 20 heavy (non-hydrogen) atoms. The third kappa shape index (κ3) is 2.23. The Hall–Kier alpha value is -2.40. The van der Waals surface area contributed by atoms with Gasteiger partial charge in [-0.3, -0.25) is 0 Å². The first-order valence-corrected chi connectivity index (χ1v) is 6.04. The summed E-state index contributed by atoms with van der Waals surface area (Å²) < 4.78 is 23.5. The van der Waals surface area contributed by atoms with E-state index in [2.05, 4.69) is 4.98 Å². The number of benzene rings is 1. The van der Waals surface area contributed by atoms with Gasteiger partial charge in [-0.2, -0.15) is 0 Å². The van der Waals surface area contributed by atoms with Gasteiger partial charge in [0.25, 0.3) is 0 Å². The van der Waals surface area contributed by atoms with Gasteiger partial charge in [-0.15, -0.1) is 0 Å². The highest BCUT2D eigenvalue weighted by Crippen LogP contribution is 2.33. The highest BCUT2D eigenvalue weighted by Gasteiger charge is 2.23. The van der Waals surface area contributed by atoms with E-state index in [0.29, 0.717) is 28.5 Å². The Balaban J connectivity index is 2.06. The molecule has 0 spiro atoms. The van der Waals surface area contributed by atoms with Crippen LogP contribution in [0.3, 0.4) is 0 Å². The maximum atomic E-state index is 13.1. The number of halogens is 1. The molecule has 0 aliphatic carbocycles. The Kier molecular flexibility index (Phi) is 3.12.